The Morgan fingerprint density at radius 2 is 1.81 bits per heavy atom. The number of carbonyl (C=O) groups excluding carboxylic acids is 2. The van der Waals surface area contributed by atoms with Crippen LogP contribution in [0.3, 0.4) is 0 Å². The van der Waals surface area contributed by atoms with E-state index in [2.05, 4.69) is 28.6 Å². The third-order valence-corrected chi connectivity index (χ3v) is 4.97. The minimum atomic E-state index is -0.307. The fourth-order valence-corrected chi connectivity index (χ4v) is 3.53. The first-order valence-electron chi connectivity index (χ1n) is 8.61. The summed E-state index contributed by atoms with van der Waals surface area (Å²) >= 11 is 1.36. The summed E-state index contributed by atoms with van der Waals surface area (Å²) in [6.45, 7) is 5.85. The van der Waals surface area contributed by atoms with E-state index in [-0.39, 0.29) is 18.4 Å². The lowest BCUT2D eigenvalue weighted by molar-refractivity contribution is -0.115. The smallest absolute Gasteiger partial charge is 0.251 e. The van der Waals surface area contributed by atoms with Crippen LogP contribution in [-0.4, -0.2) is 23.3 Å². The highest BCUT2D eigenvalue weighted by atomic mass is 32.1. The molecule has 6 heteroatoms. The number of nitrogens with zero attached hydrogens (tertiary/aromatic N) is 1. The standard InChI is InChI=1S/C21H21N3O2S/c1-13-8-9-16(15(3)10-13)18-12-27-21(23-18)24-19(25)11-22-20(26)17-7-5-4-6-14(17)2/h4-10,12H,11H2,1-3H3,(H,22,26)(H,23,24,25). The maximum atomic E-state index is 12.2. The minimum Gasteiger partial charge on any atom is -0.343 e. The van der Waals surface area contributed by atoms with Crippen molar-refractivity contribution in [3.8, 4) is 11.3 Å². The number of rotatable bonds is 5. The van der Waals surface area contributed by atoms with E-state index in [0.29, 0.717) is 10.7 Å². The number of hydrogen-bond acceptors (Lipinski definition) is 4. The molecule has 0 unspecified atom stereocenters. The van der Waals surface area contributed by atoms with Crippen molar-refractivity contribution in [3.05, 3.63) is 70.1 Å². The fraction of sp³-hybridized carbons (Fsp3) is 0.190. The van der Waals surface area contributed by atoms with E-state index in [9.17, 15) is 9.59 Å². The van der Waals surface area contributed by atoms with Crippen molar-refractivity contribution in [3.63, 3.8) is 0 Å². The molecule has 0 aliphatic rings. The van der Waals surface area contributed by atoms with Crippen LogP contribution < -0.4 is 10.6 Å². The Morgan fingerprint density at radius 3 is 2.56 bits per heavy atom. The van der Waals surface area contributed by atoms with Crippen LogP contribution in [-0.2, 0) is 4.79 Å². The van der Waals surface area contributed by atoms with Gasteiger partial charge >= 0.3 is 0 Å². The maximum absolute atomic E-state index is 12.2. The lowest BCUT2D eigenvalue weighted by Gasteiger charge is -2.07. The first kappa shape index (κ1) is 18.8. The Morgan fingerprint density at radius 1 is 1.04 bits per heavy atom. The second-order valence-electron chi connectivity index (χ2n) is 6.40. The van der Waals surface area contributed by atoms with Gasteiger partial charge in [0.25, 0.3) is 5.91 Å². The zero-order chi connectivity index (χ0) is 19.4. The molecule has 0 saturated heterocycles. The average molecular weight is 379 g/mol. The molecule has 0 fully saturated rings. The predicted octanol–water partition coefficient (Wildman–Crippen LogP) is 4.10. The highest BCUT2D eigenvalue weighted by Gasteiger charge is 2.12. The first-order valence-corrected chi connectivity index (χ1v) is 9.49. The van der Waals surface area contributed by atoms with E-state index >= 15 is 0 Å². The first-order chi connectivity index (χ1) is 12.9. The van der Waals surface area contributed by atoms with Gasteiger partial charge in [-0.25, -0.2) is 4.98 Å². The zero-order valence-corrected chi connectivity index (χ0v) is 16.3. The van der Waals surface area contributed by atoms with Crippen molar-refractivity contribution in [2.45, 2.75) is 20.8 Å². The molecule has 0 saturated carbocycles. The monoisotopic (exact) mass is 379 g/mol. The fourth-order valence-electron chi connectivity index (χ4n) is 2.80. The molecule has 0 radical (unpaired) electrons. The van der Waals surface area contributed by atoms with Crippen LogP contribution in [0.25, 0.3) is 11.3 Å². The van der Waals surface area contributed by atoms with Crippen LogP contribution in [0.2, 0.25) is 0 Å². The van der Waals surface area contributed by atoms with Gasteiger partial charge in [-0.1, -0.05) is 42.0 Å². The molecule has 2 amide bonds. The number of nitrogens with one attached hydrogen (secondary N) is 2. The molecular weight excluding hydrogens is 358 g/mol. The van der Waals surface area contributed by atoms with E-state index < -0.39 is 0 Å². The number of aryl methyl sites for hydroxylation is 3. The molecule has 0 aliphatic heterocycles. The van der Waals surface area contributed by atoms with Gasteiger partial charge in [-0.15, -0.1) is 11.3 Å². The number of amides is 2. The van der Waals surface area contributed by atoms with Crippen LogP contribution in [0.1, 0.15) is 27.0 Å². The summed E-state index contributed by atoms with van der Waals surface area (Å²) in [5, 5.41) is 7.81. The van der Waals surface area contributed by atoms with Gasteiger partial charge in [0.15, 0.2) is 5.13 Å². The molecule has 2 aromatic carbocycles. The van der Waals surface area contributed by atoms with Crippen molar-refractivity contribution in [2.75, 3.05) is 11.9 Å². The Hall–Kier alpha value is -2.99. The van der Waals surface area contributed by atoms with Gasteiger partial charge in [-0.2, -0.15) is 0 Å². The van der Waals surface area contributed by atoms with Crippen molar-refractivity contribution >= 4 is 28.3 Å². The maximum Gasteiger partial charge on any atom is 0.251 e. The molecule has 0 aliphatic carbocycles. The summed E-state index contributed by atoms with van der Waals surface area (Å²) in [4.78, 5) is 28.8. The third-order valence-electron chi connectivity index (χ3n) is 4.21. The van der Waals surface area contributed by atoms with Gasteiger partial charge in [0.1, 0.15) is 0 Å². The SMILES string of the molecule is Cc1ccc(-c2csc(NC(=O)CNC(=O)c3ccccc3C)n2)c(C)c1. The van der Waals surface area contributed by atoms with Crippen LogP contribution >= 0.6 is 11.3 Å². The third kappa shape index (κ3) is 4.60. The van der Waals surface area contributed by atoms with Gasteiger partial charge in [0.2, 0.25) is 5.91 Å². The molecule has 0 spiro atoms. The van der Waals surface area contributed by atoms with E-state index in [1.807, 2.05) is 43.5 Å². The number of carbonyl (C=O) groups is 2. The van der Waals surface area contributed by atoms with Crippen molar-refractivity contribution < 1.29 is 9.59 Å². The summed E-state index contributed by atoms with van der Waals surface area (Å²) in [5.41, 5.74) is 5.65. The molecule has 2 N–H and O–H groups in total. The lowest BCUT2D eigenvalue weighted by Crippen LogP contribution is -2.33. The lowest BCUT2D eigenvalue weighted by atomic mass is 10.0. The second kappa shape index (κ2) is 8.14. The summed E-state index contributed by atoms with van der Waals surface area (Å²) in [6, 6.07) is 13.4. The van der Waals surface area contributed by atoms with Crippen molar-refractivity contribution in [1.29, 1.82) is 0 Å². The minimum absolute atomic E-state index is 0.106. The molecule has 0 atom stereocenters. The van der Waals surface area contributed by atoms with E-state index in [4.69, 9.17) is 0 Å². The topological polar surface area (TPSA) is 71.1 Å². The molecule has 0 bridgehead atoms. The molecule has 3 aromatic rings. The summed E-state index contributed by atoms with van der Waals surface area (Å²) in [5.74, 6) is -0.572. The molecular formula is C21H21N3O2S. The van der Waals surface area contributed by atoms with Gasteiger partial charge in [-0.3, -0.25) is 9.59 Å². The largest absolute Gasteiger partial charge is 0.343 e. The van der Waals surface area contributed by atoms with Gasteiger partial charge in [0.05, 0.1) is 12.2 Å². The number of thiazole rings is 1. The number of aromatic nitrogens is 1. The normalized spacial score (nSPS) is 10.5. The number of hydrogen-bond donors (Lipinski definition) is 2. The molecule has 5 nitrogen and oxygen atoms in total. The van der Waals surface area contributed by atoms with Crippen LogP contribution in [0, 0.1) is 20.8 Å². The predicted molar refractivity (Wildman–Crippen MR) is 109 cm³/mol. The average Bonchev–Trinajstić information content (AvgIpc) is 3.08. The highest BCUT2D eigenvalue weighted by Crippen LogP contribution is 2.27. The van der Waals surface area contributed by atoms with Gasteiger partial charge in [0, 0.05) is 16.5 Å². The number of benzene rings is 2. The molecule has 1 aromatic heterocycles. The van der Waals surface area contributed by atoms with Crippen LogP contribution in [0.15, 0.2) is 47.8 Å². The summed E-state index contributed by atoms with van der Waals surface area (Å²) in [7, 11) is 0. The zero-order valence-electron chi connectivity index (χ0n) is 15.5. The van der Waals surface area contributed by atoms with Gasteiger partial charge < -0.3 is 10.6 Å². The summed E-state index contributed by atoms with van der Waals surface area (Å²) in [6.07, 6.45) is 0. The Bertz CT molecular complexity index is 995. The Balaban J connectivity index is 1.60. The Kier molecular flexibility index (Phi) is 5.66. The molecule has 1 heterocycles. The molecule has 3 rings (SSSR count). The van der Waals surface area contributed by atoms with E-state index in [0.717, 1.165) is 22.4 Å². The van der Waals surface area contributed by atoms with E-state index in [1.54, 1.807) is 12.1 Å². The summed E-state index contributed by atoms with van der Waals surface area (Å²) < 4.78 is 0. The number of anilines is 1. The van der Waals surface area contributed by atoms with Crippen LogP contribution in [0.5, 0.6) is 0 Å². The van der Waals surface area contributed by atoms with Gasteiger partial charge in [-0.05, 0) is 38.0 Å². The quantitative estimate of drug-likeness (QED) is 0.701. The van der Waals surface area contributed by atoms with Crippen LogP contribution in [0.4, 0.5) is 5.13 Å². The highest BCUT2D eigenvalue weighted by molar-refractivity contribution is 7.14. The van der Waals surface area contributed by atoms with Crippen molar-refractivity contribution in [1.82, 2.24) is 10.3 Å². The van der Waals surface area contributed by atoms with Crippen molar-refractivity contribution in [2.24, 2.45) is 0 Å². The molecule has 27 heavy (non-hydrogen) atoms. The molecule has 138 valence electrons. The second-order valence-corrected chi connectivity index (χ2v) is 7.26. The Labute approximate surface area is 162 Å². The van der Waals surface area contributed by atoms with E-state index in [1.165, 1.54) is 16.9 Å².